The Hall–Kier alpha value is -3.95. The molecule has 10 heteroatoms. The lowest BCUT2D eigenvalue weighted by Crippen LogP contribution is -2.24. The maximum atomic E-state index is 12.7. The number of rotatable bonds is 7. The molecule has 4 aromatic rings. The van der Waals surface area contributed by atoms with E-state index in [2.05, 4.69) is 9.84 Å². The molecule has 7 nitrogen and oxygen atoms in total. The first kappa shape index (κ1) is 21.3. The molecule has 0 N–H and O–H groups in total. The molecule has 32 heavy (non-hydrogen) atoms. The largest absolute Gasteiger partial charge is 0.573 e. The van der Waals surface area contributed by atoms with E-state index in [-0.39, 0.29) is 24.6 Å². The van der Waals surface area contributed by atoms with Gasteiger partial charge in [0.25, 0.3) is 0 Å². The fourth-order valence-corrected chi connectivity index (χ4v) is 3.16. The summed E-state index contributed by atoms with van der Waals surface area (Å²) < 4.78 is 54.4. The number of nitrogens with zero attached hydrogens (tertiary/aromatic N) is 3. The molecule has 2 heterocycles. The number of ether oxygens (including phenoxy) is 3. The van der Waals surface area contributed by atoms with Crippen molar-refractivity contribution >= 4 is 5.65 Å². The van der Waals surface area contributed by atoms with Gasteiger partial charge in [0.1, 0.15) is 12.4 Å². The van der Waals surface area contributed by atoms with Gasteiger partial charge in [0.15, 0.2) is 17.1 Å². The normalized spacial score (nSPS) is 11.5. The molecule has 0 atom stereocenters. The molecule has 0 saturated carbocycles. The monoisotopic (exact) mass is 445 g/mol. The van der Waals surface area contributed by atoms with Crippen LogP contribution in [0.5, 0.6) is 17.2 Å². The van der Waals surface area contributed by atoms with Crippen molar-refractivity contribution in [3.63, 3.8) is 0 Å². The van der Waals surface area contributed by atoms with Gasteiger partial charge in [-0.3, -0.25) is 0 Å². The van der Waals surface area contributed by atoms with E-state index >= 15 is 0 Å². The summed E-state index contributed by atoms with van der Waals surface area (Å²) in [5.74, 6) is 0.834. The molecule has 166 valence electrons. The van der Waals surface area contributed by atoms with Crippen molar-refractivity contribution in [3.8, 4) is 28.4 Å². The summed E-state index contributed by atoms with van der Waals surface area (Å²) in [4.78, 5) is 12.7. The summed E-state index contributed by atoms with van der Waals surface area (Å²) in [5.41, 5.74) is 1.35. The first-order valence-corrected chi connectivity index (χ1v) is 9.55. The number of benzene rings is 2. The van der Waals surface area contributed by atoms with Gasteiger partial charge in [0, 0.05) is 6.20 Å². The van der Waals surface area contributed by atoms with Crippen molar-refractivity contribution in [3.05, 3.63) is 77.3 Å². The van der Waals surface area contributed by atoms with Crippen molar-refractivity contribution in [1.29, 1.82) is 0 Å². The number of alkyl halides is 3. The second-order valence-corrected chi connectivity index (χ2v) is 6.72. The van der Waals surface area contributed by atoms with E-state index in [1.54, 1.807) is 37.6 Å². The Bertz CT molecular complexity index is 1280. The highest BCUT2D eigenvalue weighted by molar-refractivity contribution is 5.65. The van der Waals surface area contributed by atoms with Gasteiger partial charge < -0.3 is 14.2 Å². The molecule has 0 unspecified atom stereocenters. The minimum Gasteiger partial charge on any atom is -0.493 e. The highest BCUT2D eigenvalue weighted by Crippen LogP contribution is 2.27. The average molecular weight is 445 g/mol. The number of pyridine rings is 1. The van der Waals surface area contributed by atoms with Crippen LogP contribution in [0.3, 0.4) is 0 Å². The van der Waals surface area contributed by atoms with Crippen LogP contribution >= 0.6 is 0 Å². The van der Waals surface area contributed by atoms with Crippen LogP contribution in [0.25, 0.3) is 16.8 Å². The fraction of sp³-hybridized carbons (Fsp3) is 0.182. The predicted molar refractivity (Wildman–Crippen MR) is 110 cm³/mol. The number of halogens is 3. The lowest BCUT2D eigenvalue weighted by molar-refractivity contribution is -0.274. The molecule has 0 aliphatic rings. The predicted octanol–water partition coefficient (Wildman–Crippen LogP) is 4.15. The third-order valence-corrected chi connectivity index (χ3v) is 4.63. The van der Waals surface area contributed by atoms with E-state index < -0.39 is 6.36 Å². The summed E-state index contributed by atoms with van der Waals surface area (Å²) in [5, 5.41) is 4.29. The van der Waals surface area contributed by atoms with Gasteiger partial charge >= 0.3 is 12.1 Å². The number of fused-ring (bicyclic) bond motifs is 1. The minimum atomic E-state index is -4.75. The lowest BCUT2D eigenvalue weighted by Gasteiger charge is -2.09. The zero-order chi connectivity index (χ0) is 22.7. The minimum absolute atomic E-state index is 0.206. The Labute approximate surface area is 180 Å². The van der Waals surface area contributed by atoms with Crippen molar-refractivity contribution in [2.75, 3.05) is 13.7 Å². The number of hydrogen-bond donors (Lipinski definition) is 0. The fourth-order valence-electron chi connectivity index (χ4n) is 3.16. The summed E-state index contributed by atoms with van der Waals surface area (Å²) in [6.45, 7) is 0.426. The summed E-state index contributed by atoms with van der Waals surface area (Å²) >= 11 is 0. The molecule has 0 amide bonds. The van der Waals surface area contributed by atoms with Crippen LogP contribution in [0.2, 0.25) is 0 Å². The Morgan fingerprint density at radius 2 is 1.62 bits per heavy atom. The number of para-hydroxylation sites is 2. The van der Waals surface area contributed by atoms with E-state index in [0.717, 1.165) is 0 Å². The van der Waals surface area contributed by atoms with Crippen LogP contribution in [0.4, 0.5) is 13.2 Å². The van der Waals surface area contributed by atoms with Crippen molar-refractivity contribution in [2.45, 2.75) is 12.9 Å². The third-order valence-electron chi connectivity index (χ3n) is 4.63. The highest BCUT2D eigenvalue weighted by atomic mass is 19.4. The smallest absolute Gasteiger partial charge is 0.493 e. The van der Waals surface area contributed by atoms with Gasteiger partial charge in [0.05, 0.1) is 13.7 Å². The van der Waals surface area contributed by atoms with E-state index in [0.29, 0.717) is 28.3 Å². The molecule has 0 radical (unpaired) electrons. The summed E-state index contributed by atoms with van der Waals surface area (Å²) in [7, 11) is 1.54. The van der Waals surface area contributed by atoms with E-state index in [1.165, 1.54) is 33.3 Å². The Morgan fingerprint density at radius 3 is 2.31 bits per heavy atom. The first-order chi connectivity index (χ1) is 15.3. The zero-order valence-electron chi connectivity index (χ0n) is 16.9. The first-order valence-electron chi connectivity index (χ1n) is 9.55. The quantitative estimate of drug-likeness (QED) is 0.428. The molecule has 0 spiro atoms. The van der Waals surface area contributed by atoms with Gasteiger partial charge in [0.2, 0.25) is 0 Å². The Morgan fingerprint density at radius 1 is 0.938 bits per heavy atom. The maximum Gasteiger partial charge on any atom is 0.573 e. The van der Waals surface area contributed by atoms with Gasteiger partial charge in [-0.25, -0.2) is 13.9 Å². The molecule has 0 bridgehead atoms. The van der Waals surface area contributed by atoms with Crippen LogP contribution < -0.4 is 19.9 Å². The van der Waals surface area contributed by atoms with Gasteiger partial charge in [-0.15, -0.1) is 18.3 Å². The lowest BCUT2D eigenvalue weighted by atomic mass is 10.1. The van der Waals surface area contributed by atoms with Crippen LogP contribution in [0.15, 0.2) is 71.7 Å². The standard InChI is InChI=1S/C22H18F3N3O4/c1-30-18-4-2-3-5-19(18)31-13-12-28-21(29)27-14-16(8-11-20(27)26-28)15-6-9-17(10-7-15)32-22(23,24)25/h2-11,14H,12-13H2,1H3. The molecular weight excluding hydrogens is 427 g/mol. The van der Waals surface area contributed by atoms with Crippen LogP contribution in [-0.2, 0) is 6.54 Å². The van der Waals surface area contributed by atoms with Gasteiger partial charge in [-0.05, 0) is 47.5 Å². The second-order valence-electron chi connectivity index (χ2n) is 6.72. The van der Waals surface area contributed by atoms with Crippen LogP contribution in [0.1, 0.15) is 0 Å². The molecule has 0 aliphatic heterocycles. The van der Waals surface area contributed by atoms with Crippen molar-refractivity contribution in [2.24, 2.45) is 0 Å². The van der Waals surface area contributed by atoms with E-state index in [1.807, 2.05) is 12.1 Å². The number of hydrogen-bond acceptors (Lipinski definition) is 5. The molecule has 0 saturated heterocycles. The summed E-state index contributed by atoms with van der Waals surface area (Å²) in [6.07, 6.45) is -3.17. The summed E-state index contributed by atoms with van der Waals surface area (Å²) in [6, 6.07) is 16.0. The molecule has 0 fully saturated rings. The van der Waals surface area contributed by atoms with E-state index in [4.69, 9.17) is 9.47 Å². The van der Waals surface area contributed by atoms with Crippen LogP contribution in [0, 0.1) is 0 Å². The highest BCUT2D eigenvalue weighted by Gasteiger charge is 2.30. The molecule has 0 aliphatic carbocycles. The molecule has 2 aromatic heterocycles. The maximum absolute atomic E-state index is 12.7. The Balaban J connectivity index is 1.50. The zero-order valence-corrected chi connectivity index (χ0v) is 16.9. The topological polar surface area (TPSA) is 67.0 Å². The average Bonchev–Trinajstić information content (AvgIpc) is 3.08. The van der Waals surface area contributed by atoms with Crippen LogP contribution in [-0.4, -0.2) is 34.3 Å². The SMILES string of the molecule is COc1ccccc1OCCn1nc2ccc(-c3ccc(OC(F)(F)F)cc3)cn2c1=O. The molecule has 2 aromatic carbocycles. The third kappa shape index (κ3) is 4.69. The van der Waals surface area contributed by atoms with Crippen molar-refractivity contribution in [1.82, 2.24) is 14.2 Å². The number of aromatic nitrogens is 3. The Kier molecular flexibility index (Phi) is 5.76. The number of methoxy groups -OCH3 is 1. The molecule has 4 rings (SSSR count). The van der Waals surface area contributed by atoms with E-state index in [9.17, 15) is 18.0 Å². The van der Waals surface area contributed by atoms with Gasteiger partial charge in [-0.1, -0.05) is 24.3 Å². The second kappa shape index (κ2) is 8.66. The molecular formula is C22H18F3N3O4. The van der Waals surface area contributed by atoms with Gasteiger partial charge in [-0.2, -0.15) is 0 Å². The van der Waals surface area contributed by atoms with Crippen molar-refractivity contribution < 1.29 is 27.4 Å².